The van der Waals surface area contributed by atoms with E-state index in [0.29, 0.717) is 22.2 Å². The maximum Gasteiger partial charge on any atom is 0.340 e. The summed E-state index contributed by atoms with van der Waals surface area (Å²) in [5.74, 6) is 0.364. The number of hydrogen-bond acceptors (Lipinski definition) is 5. The standard InChI is InChI=1S/C18H16N2O3S2/c1-22-17(21)14-10-15(12-6-3-2-4-7-12)25-16(14)20-18(24)19-11-13-8-5-9-23-13/h2-10H,11H2,1H3,(H2,19,20,24). The van der Waals surface area contributed by atoms with Crippen molar-refractivity contribution in [2.45, 2.75) is 6.54 Å². The van der Waals surface area contributed by atoms with Gasteiger partial charge in [-0.05, 0) is 36.0 Å². The monoisotopic (exact) mass is 372 g/mol. The van der Waals surface area contributed by atoms with E-state index >= 15 is 0 Å². The minimum atomic E-state index is -0.408. The van der Waals surface area contributed by atoms with Crippen LogP contribution in [-0.4, -0.2) is 18.2 Å². The first kappa shape index (κ1) is 17.2. The van der Waals surface area contributed by atoms with Crippen LogP contribution in [0.15, 0.2) is 59.2 Å². The molecule has 0 unspecified atom stereocenters. The van der Waals surface area contributed by atoms with Crippen molar-refractivity contribution in [2.24, 2.45) is 0 Å². The van der Waals surface area contributed by atoms with E-state index in [-0.39, 0.29) is 0 Å². The highest BCUT2D eigenvalue weighted by molar-refractivity contribution is 7.80. The molecule has 0 aliphatic heterocycles. The fourth-order valence-corrected chi connectivity index (χ4v) is 3.51. The molecule has 2 heterocycles. The van der Waals surface area contributed by atoms with Gasteiger partial charge in [0.1, 0.15) is 10.8 Å². The van der Waals surface area contributed by atoms with Crippen LogP contribution < -0.4 is 10.6 Å². The van der Waals surface area contributed by atoms with Gasteiger partial charge in [0.05, 0.1) is 25.5 Å². The molecule has 5 nitrogen and oxygen atoms in total. The van der Waals surface area contributed by atoms with Crippen LogP contribution in [0.3, 0.4) is 0 Å². The van der Waals surface area contributed by atoms with Crippen molar-refractivity contribution >= 4 is 39.6 Å². The van der Waals surface area contributed by atoms with Gasteiger partial charge in [-0.25, -0.2) is 4.79 Å². The SMILES string of the molecule is COC(=O)c1cc(-c2ccccc2)sc1NC(=S)NCc1ccco1. The molecule has 2 N–H and O–H groups in total. The lowest BCUT2D eigenvalue weighted by Gasteiger charge is -2.09. The number of rotatable bonds is 5. The summed E-state index contributed by atoms with van der Waals surface area (Å²) in [5, 5.41) is 7.17. The Morgan fingerprint density at radius 2 is 2.04 bits per heavy atom. The number of carbonyl (C=O) groups excluding carboxylic acids is 1. The van der Waals surface area contributed by atoms with Gasteiger partial charge in [0, 0.05) is 4.88 Å². The number of furan rings is 1. The average Bonchev–Trinajstić information content (AvgIpc) is 3.30. The lowest BCUT2D eigenvalue weighted by molar-refractivity contribution is 0.0602. The molecule has 0 aliphatic carbocycles. The molecule has 128 valence electrons. The van der Waals surface area contributed by atoms with E-state index in [1.807, 2.05) is 48.5 Å². The third-order valence-electron chi connectivity index (χ3n) is 3.43. The van der Waals surface area contributed by atoms with Crippen molar-refractivity contribution in [1.29, 1.82) is 0 Å². The molecule has 3 aromatic rings. The first-order valence-corrected chi connectivity index (χ1v) is 8.74. The number of thiocarbonyl (C=S) groups is 1. The van der Waals surface area contributed by atoms with Gasteiger partial charge >= 0.3 is 5.97 Å². The van der Waals surface area contributed by atoms with E-state index in [2.05, 4.69) is 10.6 Å². The van der Waals surface area contributed by atoms with E-state index < -0.39 is 5.97 Å². The normalized spacial score (nSPS) is 10.3. The van der Waals surface area contributed by atoms with Crippen LogP contribution in [0.5, 0.6) is 0 Å². The number of thiophene rings is 1. The van der Waals surface area contributed by atoms with Crippen molar-refractivity contribution in [3.8, 4) is 10.4 Å². The average molecular weight is 372 g/mol. The molecule has 0 saturated carbocycles. The second-order valence-corrected chi connectivity index (χ2v) is 6.56. The van der Waals surface area contributed by atoms with Crippen LogP contribution in [0.4, 0.5) is 5.00 Å². The van der Waals surface area contributed by atoms with E-state index in [4.69, 9.17) is 21.4 Å². The third kappa shape index (κ3) is 4.26. The second-order valence-electron chi connectivity index (χ2n) is 5.10. The molecule has 0 bridgehead atoms. The summed E-state index contributed by atoms with van der Waals surface area (Å²) in [6.45, 7) is 0.462. The van der Waals surface area contributed by atoms with Gasteiger partial charge in [-0.3, -0.25) is 0 Å². The highest BCUT2D eigenvalue weighted by atomic mass is 32.1. The molecule has 0 spiro atoms. The molecule has 2 aromatic heterocycles. The van der Waals surface area contributed by atoms with E-state index in [9.17, 15) is 4.79 Å². The zero-order chi connectivity index (χ0) is 17.6. The molecule has 0 saturated heterocycles. The van der Waals surface area contributed by atoms with Crippen molar-refractivity contribution in [1.82, 2.24) is 5.32 Å². The van der Waals surface area contributed by atoms with Crippen LogP contribution in [0, 0.1) is 0 Å². The molecule has 0 aliphatic rings. The van der Waals surface area contributed by atoms with Gasteiger partial charge in [0.25, 0.3) is 0 Å². The maximum atomic E-state index is 12.1. The summed E-state index contributed by atoms with van der Waals surface area (Å²) in [7, 11) is 1.36. The number of methoxy groups -OCH3 is 1. The number of anilines is 1. The molecule has 7 heteroatoms. The molecule has 1 aromatic carbocycles. The highest BCUT2D eigenvalue weighted by Gasteiger charge is 2.18. The lowest BCUT2D eigenvalue weighted by Crippen LogP contribution is -2.28. The first-order valence-electron chi connectivity index (χ1n) is 7.52. The Morgan fingerprint density at radius 3 is 2.72 bits per heavy atom. The molecule has 0 amide bonds. The topological polar surface area (TPSA) is 63.5 Å². The number of hydrogen-bond donors (Lipinski definition) is 2. The zero-order valence-corrected chi connectivity index (χ0v) is 15.1. The van der Waals surface area contributed by atoms with Gasteiger partial charge in [-0.1, -0.05) is 30.3 Å². The van der Waals surface area contributed by atoms with Crippen molar-refractivity contribution in [3.05, 3.63) is 66.1 Å². The van der Waals surface area contributed by atoms with E-state index in [0.717, 1.165) is 16.2 Å². The van der Waals surface area contributed by atoms with Gasteiger partial charge in [0.15, 0.2) is 5.11 Å². The minimum Gasteiger partial charge on any atom is -0.467 e. The Bertz CT molecular complexity index is 858. The molecule has 25 heavy (non-hydrogen) atoms. The molecule has 0 radical (unpaired) electrons. The first-order chi connectivity index (χ1) is 12.2. The largest absolute Gasteiger partial charge is 0.467 e. The Hall–Kier alpha value is -2.64. The van der Waals surface area contributed by atoms with Gasteiger partial charge in [-0.15, -0.1) is 11.3 Å². The minimum absolute atomic E-state index is 0.406. The Balaban J connectivity index is 1.77. The quantitative estimate of drug-likeness (QED) is 0.515. The van der Waals surface area contributed by atoms with Crippen LogP contribution in [0.25, 0.3) is 10.4 Å². The predicted octanol–water partition coefficient (Wildman–Crippen LogP) is 4.28. The number of ether oxygens (including phenoxy) is 1. The summed E-state index contributed by atoms with van der Waals surface area (Å²) in [6, 6.07) is 15.3. The molecular formula is C18H16N2O3S2. The van der Waals surface area contributed by atoms with Gasteiger partial charge < -0.3 is 19.8 Å². The molecule has 3 rings (SSSR count). The summed E-state index contributed by atoms with van der Waals surface area (Å²) in [5.41, 5.74) is 1.48. The summed E-state index contributed by atoms with van der Waals surface area (Å²) in [4.78, 5) is 13.0. The summed E-state index contributed by atoms with van der Waals surface area (Å²) >= 11 is 6.75. The fourth-order valence-electron chi connectivity index (χ4n) is 2.22. The van der Waals surface area contributed by atoms with E-state index in [1.165, 1.54) is 18.4 Å². The highest BCUT2D eigenvalue weighted by Crippen LogP contribution is 2.35. The predicted molar refractivity (Wildman–Crippen MR) is 103 cm³/mol. The Kier molecular flexibility index (Phi) is 5.47. The molecule has 0 atom stereocenters. The van der Waals surface area contributed by atoms with Crippen LogP contribution in [-0.2, 0) is 11.3 Å². The molecular weight excluding hydrogens is 356 g/mol. The van der Waals surface area contributed by atoms with Crippen molar-refractivity contribution in [3.63, 3.8) is 0 Å². The van der Waals surface area contributed by atoms with Crippen LogP contribution in [0.2, 0.25) is 0 Å². The van der Waals surface area contributed by atoms with Gasteiger partial charge in [-0.2, -0.15) is 0 Å². The lowest BCUT2D eigenvalue weighted by atomic mass is 10.1. The maximum absolute atomic E-state index is 12.1. The number of nitrogens with one attached hydrogen (secondary N) is 2. The number of esters is 1. The fraction of sp³-hybridized carbons (Fsp3) is 0.111. The van der Waals surface area contributed by atoms with Gasteiger partial charge in [0.2, 0.25) is 0 Å². The smallest absolute Gasteiger partial charge is 0.340 e. The molecule has 0 fully saturated rings. The number of benzene rings is 1. The number of carbonyl (C=O) groups is 1. The second kappa shape index (κ2) is 7.96. The van der Waals surface area contributed by atoms with Crippen molar-refractivity contribution in [2.75, 3.05) is 12.4 Å². The Morgan fingerprint density at radius 1 is 1.24 bits per heavy atom. The zero-order valence-electron chi connectivity index (χ0n) is 13.4. The van der Waals surface area contributed by atoms with E-state index in [1.54, 1.807) is 6.26 Å². The summed E-state index contributed by atoms with van der Waals surface area (Å²) < 4.78 is 10.1. The Labute approximate surface area is 154 Å². The van der Waals surface area contributed by atoms with Crippen molar-refractivity contribution < 1.29 is 13.9 Å². The summed E-state index contributed by atoms with van der Waals surface area (Å²) in [6.07, 6.45) is 1.61. The van der Waals surface area contributed by atoms with Crippen LogP contribution >= 0.6 is 23.6 Å². The third-order valence-corrected chi connectivity index (χ3v) is 4.77. The van der Waals surface area contributed by atoms with Crippen LogP contribution in [0.1, 0.15) is 16.1 Å².